The first-order valence-electron chi connectivity index (χ1n) is 8.29. The van der Waals surface area contributed by atoms with Crippen molar-refractivity contribution in [2.24, 2.45) is 7.05 Å². The molecular formula is C19H17N5O3. The normalized spacial score (nSPS) is 18.9. The van der Waals surface area contributed by atoms with Gasteiger partial charge in [-0.25, -0.2) is 10.9 Å². The van der Waals surface area contributed by atoms with Gasteiger partial charge < -0.3 is 9.84 Å². The van der Waals surface area contributed by atoms with Crippen LogP contribution < -0.4 is 21.1 Å². The van der Waals surface area contributed by atoms with Crippen LogP contribution in [0, 0.1) is 11.8 Å². The standard InChI is InChI=1S/C19H17N5O3/c1-24-16-10-13(7-8-14(16)11-20-24)6-5-12-3-2-4-15(9-12)27-18-17(19(25)26)21-23-22-18/h2-4,7-11,17-18,21-23H,1H3,(H,25,26). The summed E-state index contributed by atoms with van der Waals surface area (Å²) >= 11 is 0. The summed E-state index contributed by atoms with van der Waals surface area (Å²) in [7, 11) is 1.89. The van der Waals surface area contributed by atoms with Crippen LogP contribution in [0.15, 0.2) is 48.7 Å². The van der Waals surface area contributed by atoms with E-state index in [0.717, 1.165) is 22.0 Å². The molecule has 0 saturated carbocycles. The molecule has 2 unspecified atom stereocenters. The van der Waals surface area contributed by atoms with Crippen LogP contribution >= 0.6 is 0 Å². The average Bonchev–Trinajstić information content (AvgIpc) is 3.27. The average molecular weight is 363 g/mol. The van der Waals surface area contributed by atoms with Crippen molar-refractivity contribution in [2.45, 2.75) is 12.3 Å². The van der Waals surface area contributed by atoms with E-state index < -0.39 is 18.2 Å². The number of hydrazine groups is 2. The summed E-state index contributed by atoms with van der Waals surface area (Å²) in [5.41, 5.74) is 10.5. The minimum atomic E-state index is -1.01. The second-order valence-electron chi connectivity index (χ2n) is 6.09. The molecule has 3 aromatic rings. The van der Waals surface area contributed by atoms with E-state index in [0.29, 0.717) is 5.75 Å². The molecule has 4 N–H and O–H groups in total. The van der Waals surface area contributed by atoms with Gasteiger partial charge in [0.25, 0.3) is 0 Å². The lowest BCUT2D eigenvalue weighted by atomic mass is 10.1. The number of benzene rings is 2. The number of carboxylic acid groups (broad SMARTS) is 1. The third-order valence-corrected chi connectivity index (χ3v) is 4.21. The summed E-state index contributed by atoms with van der Waals surface area (Å²) in [4.78, 5) is 11.2. The molecule has 1 aromatic heterocycles. The van der Waals surface area contributed by atoms with E-state index in [1.165, 1.54) is 0 Å². The molecule has 1 aliphatic rings. The number of rotatable bonds is 3. The predicted octanol–water partition coefficient (Wildman–Crippen LogP) is 0.744. The van der Waals surface area contributed by atoms with E-state index in [2.05, 4.69) is 33.3 Å². The number of hydrogen-bond donors (Lipinski definition) is 4. The number of aromatic nitrogens is 2. The number of nitrogens with zero attached hydrogens (tertiary/aromatic N) is 2. The first kappa shape index (κ1) is 17.1. The van der Waals surface area contributed by atoms with Gasteiger partial charge in [0.05, 0.1) is 11.7 Å². The quantitative estimate of drug-likeness (QED) is 0.510. The third kappa shape index (κ3) is 3.61. The van der Waals surface area contributed by atoms with Crippen LogP contribution in [0.25, 0.3) is 10.9 Å². The summed E-state index contributed by atoms with van der Waals surface area (Å²) in [6.07, 6.45) is 1.08. The largest absolute Gasteiger partial charge is 0.480 e. The molecule has 1 saturated heterocycles. The van der Waals surface area contributed by atoms with Crippen molar-refractivity contribution in [1.82, 2.24) is 26.2 Å². The summed E-state index contributed by atoms with van der Waals surface area (Å²) in [5.74, 6) is 5.76. The minimum absolute atomic E-state index is 0.526. The molecule has 0 bridgehead atoms. The highest BCUT2D eigenvalue weighted by molar-refractivity contribution is 5.80. The molecule has 8 heteroatoms. The Labute approximate surface area is 155 Å². The van der Waals surface area contributed by atoms with Gasteiger partial charge in [-0.05, 0) is 36.4 Å². The SMILES string of the molecule is Cn1ncc2ccc(C#Cc3cccc(OC4NNNC4C(=O)O)c3)cc21. The van der Waals surface area contributed by atoms with Crippen molar-refractivity contribution in [3.63, 3.8) is 0 Å². The van der Waals surface area contributed by atoms with Crippen molar-refractivity contribution in [1.29, 1.82) is 0 Å². The molecule has 2 aromatic carbocycles. The highest BCUT2D eigenvalue weighted by Gasteiger charge is 2.34. The molecule has 0 aliphatic carbocycles. The van der Waals surface area contributed by atoms with E-state index >= 15 is 0 Å². The van der Waals surface area contributed by atoms with Gasteiger partial charge in [0.2, 0.25) is 0 Å². The van der Waals surface area contributed by atoms with E-state index in [4.69, 9.17) is 9.84 Å². The summed E-state index contributed by atoms with van der Waals surface area (Å²) in [6.45, 7) is 0. The Balaban J connectivity index is 1.53. The van der Waals surface area contributed by atoms with Crippen LogP contribution in [-0.4, -0.2) is 33.1 Å². The van der Waals surface area contributed by atoms with Crippen molar-refractivity contribution < 1.29 is 14.6 Å². The Morgan fingerprint density at radius 1 is 1.19 bits per heavy atom. The molecule has 1 aliphatic heterocycles. The van der Waals surface area contributed by atoms with Gasteiger partial charge in [-0.2, -0.15) is 10.6 Å². The van der Waals surface area contributed by atoms with Crippen LogP contribution in [-0.2, 0) is 11.8 Å². The molecule has 0 amide bonds. The molecule has 136 valence electrons. The zero-order valence-electron chi connectivity index (χ0n) is 14.4. The maximum atomic E-state index is 11.2. The monoisotopic (exact) mass is 363 g/mol. The fourth-order valence-electron chi connectivity index (χ4n) is 2.80. The van der Waals surface area contributed by atoms with Crippen LogP contribution in [0.5, 0.6) is 5.75 Å². The molecule has 4 rings (SSSR count). The van der Waals surface area contributed by atoms with Crippen LogP contribution in [0.3, 0.4) is 0 Å². The molecule has 0 radical (unpaired) electrons. The molecule has 1 fully saturated rings. The number of nitrogens with one attached hydrogen (secondary N) is 3. The molecule has 8 nitrogen and oxygen atoms in total. The van der Waals surface area contributed by atoms with E-state index in [1.807, 2.05) is 48.3 Å². The zero-order chi connectivity index (χ0) is 18.8. The van der Waals surface area contributed by atoms with Crippen molar-refractivity contribution in [2.75, 3.05) is 0 Å². The second kappa shape index (κ2) is 7.09. The Hall–Kier alpha value is -3.38. The Bertz CT molecular complexity index is 1070. The van der Waals surface area contributed by atoms with Crippen LogP contribution in [0.4, 0.5) is 0 Å². The smallest absolute Gasteiger partial charge is 0.327 e. The van der Waals surface area contributed by atoms with E-state index in [1.54, 1.807) is 12.1 Å². The lowest BCUT2D eigenvalue weighted by molar-refractivity contribution is -0.141. The van der Waals surface area contributed by atoms with Crippen molar-refractivity contribution in [3.8, 4) is 17.6 Å². The van der Waals surface area contributed by atoms with Gasteiger partial charge in [0.15, 0.2) is 12.3 Å². The topological polar surface area (TPSA) is 100 Å². The molecule has 0 spiro atoms. The van der Waals surface area contributed by atoms with E-state index in [-0.39, 0.29) is 0 Å². The fourth-order valence-corrected chi connectivity index (χ4v) is 2.80. The zero-order valence-corrected chi connectivity index (χ0v) is 14.4. The summed E-state index contributed by atoms with van der Waals surface area (Å²) < 4.78 is 7.52. The van der Waals surface area contributed by atoms with Gasteiger partial charge in [-0.3, -0.25) is 9.48 Å². The van der Waals surface area contributed by atoms with Gasteiger partial charge >= 0.3 is 5.97 Å². The molecule has 2 heterocycles. The molecule has 2 atom stereocenters. The number of carbonyl (C=O) groups is 1. The third-order valence-electron chi connectivity index (χ3n) is 4.21. The predicted molar refractivity (Wildman–Crippen MR) is 98.4 cm³/mol. The van der Waals surface area contributed by atoms with Crippen molar-refractivity contribution in [3.05, 3.63) is 59.8 Å². The lowest BCUT2D eigenvalue weighted by Gasteiger charge is -2.16. The Morgan fingerprint density at radius 3 is 2.81 bits per heavy atom. The lowest BCUT2D eigenvalue weighted by Crippen LogP contribution is -2.44. The Morgan fingerprint density at radius 2 is 2.00 bits per heavy atom. The van der Waals surface area contributed by atoms with Crippen LogP contribution in [0.2, 0.25) is 0 Å². The molecular weight excluding hydrogens is 346 g/mol. The Kier molecular flexibility index (Phi) is 4.48. The first-order valence-corrected chi connectivity index (χ1v) is 8.29. The first-order chi connectivity index (χ1) is 13.1. The highest BCUT2D eigenvalue weighted by atomic mass is 16.5. The minimum Gasteiger partial charge on any atom is -0.480 e. The number of ether oxygens (including phenoxy) is 1. The highest BCUT2D eigenvalue weighted by Crippen LogP contribution is 2.17. The number of fused-ring (bicyclic) bond motifs is 1. The van der Waals surface area contributed by atoms with Gasteiger partial charge in [-0.1, -0.05) is 17.9 Å². The summed E-state index contributed by atoms with van der Waals surface area (Å²) in [6, 6.07) is 12.3. The number of aliphatic carboxylic acids is 1. The van der Waals surface area contributed by atoms with Crippen LogP contribution in [0.1, 0.15) is 11.1 Å². The second-order valence-corrected chi connectivity index (χ2v) is 6.09. The van der Waals surface area contributed by atoms with Crippen molar-refractivity contribution >= 4 is 16.9 Å². The molecule has 27 heavy (non-hydrogen) atoms. The van der Waals surface area contributed by atoms with Gasteiger partial charge in [-0.15, -0.1) is 0 Å². The maximum absolute atomic E-state index is 11.2. The maximum Gasteiger partial charge on any atom is 0.327 e. The van der Waals surface area contributed by atoms with Gasteiger partial charge in [0, 0.05) is 23.6 Å². The summed E-state index contributed by atoms with van der Waals surface area (Å²) in [5, 5.41) is 14.5. The van der Waals surface area contributed by atoms with E-state index in [9.17, 15) is 4.79 Å². The fraction of sp³-hybridized carbons (Fsp3) is 0.158. The number of aryl methyl sites for hydroxylation is 1. The number of hydrogen-bond acceptors (Lipinski definition) is 6. The van der Waals surface area contributed by atoms with Gasteiger partial charge in [0.1, 0.15) is 5.75 Å². The number of carboxylic acids is 1.